The van der Waals surface area contributed by atoms with Crippen molar-refractivity contribution in [3.8, 4) is 33.4 Å². The molecule has 0 radical (unpaired) electrons. The molecular formula is C46H31NO. The Balaban J connectivity index is 1.30. The number of hydrogen-bond donors (Lipinski definition) is 0. The van der Waals surface area contributed by atoms with E-state index in [9.17, 15) is 0 Å². The van der Waals surface area contributed by atoms with Crippen molar-refractivity contribution in [2.75, 3.05) is 4.90 Å². The second-order valence-corrected chi connectivity index (χ2v) is 12.1. The van der Waals surface area contributed by atoms with Crippen molar-refractivity contribution in [2.24, 2.45) is 0 Å². The smallest absolute Gasteiger partial charge is 0.143 e. The highest BCUT2D eigenvalue weighted by molar-refractivity contribution is 6.22. The number of para-hydroxylation sites is 1. The Morgan fingerprint density at radius 2 is 0.896 bits per heavy atom. The normalized spacial score (nSPS) is 11.3. The summed E-state index contributed by atoms with van der Waals surface area (Å²) in [4.78, 5) is 2.36. The molecule has 48 heavy (non-hydrogen) atoms. The van der Waals surface area contributed by atoms with Gasteiger partial charge in [-0.15, -0.1) is 0 Å². The van der Waals surface area contributed by atoms with E-state index in [1.165, 1.54) is 33.2 Å². The monoisotopic (exact) mass is 613 g/mol. The number of rotatable bonds is 6. The molecule has 8 aromatic carbocycles. The summed E-state index contributed by atoms with van der Waals surface area (Å²) in [6.07, 6.45) is 0. The zero-order chi connectivity index (χ0) is 31.9. The van der Waals surface area contributed by atoms with Gasteiger partial charge in [-0.2, -0.15) is 0 Å². The Morgan fingerprint density at radius 3 is 1.62 bits per heavy atom. The van der Waals surface area contributed by atoms with Crippen LogP contribution in [0.4, 0.5) is 17.1 Å². The van der Waals surface area contributed by atoms with Gasteiger partial charge in [-0.25, -0.2) is 0 Å². The minimum absolute atomic E-state index is 0.865. The van der Waals surface area contributed by atoms with E-state index in [1.54, 1.807) is 0 Å². The molecular weight excluding hydrogens is 583 g/mol. The summed E-state index contributed by atoms with van der Waals surface area (Å²) in [6, 6.07) is 66.7. The van der Waals surface area contributed by atoms with Gasteiger partial charge in [0.15, 0.2) is 0 Å². The first-order valence-corrected chi connectivity index (χ1v) is 16.4. The summed E-state index contributed by atoms with van der Waals surface area (Å²) in [7, 11) is 0. The van der Waals surface area contributed by atoms with Crippen LogP contribution in [0.25, 0.3) is 66.1 Å². The third-order valence-electron chi connectivity index (χ3n) is 9.25. The number of benzene rings is 8. The first kappa shape index (κ1) is 27.9. The molecule has 9 aromatic rings. The van der Waals surface area contributed by atoms with Crippen LogP contribution >= 0.6 is 0 Å². The van der Waals surface area contributed by atoms with Crippen molar-refractivity contribution < 1.29 is 4.42 Å². The molecule has 0 aliphatic carbocycles. The average Bonchev–Trinajstić information content (AvgIpc) is 3.56. The maximum Gasteiger partial charge on any atom is 0.143 e. The molecule has 0 saturated heterocycles. The molecule has 2 heteroatoms. The third-order valence-corrected chi connectivity index (χ3v) is 9.25. The van der Waals surface area contributed by atoms with Gasteiger partial charge in [0.25, 0.3) is 0 Å². The van der Waals surface area contributed by atoms with E-state index >= 15 is 0 Å². The fraction of sp³-hybridized carbons (Fsp3) is 0. The molecule has 2 nitrogen and oxygen atoms in total. The lowest BCUT2D eigenvalue weighted by molar-refractivity contribution is 0.672. The van der Waals surface area contributed by atoms with Gasteiger partial charge in [0, 0.05) is 22.1 Å². The van der Waals surface area contributed by atoms with Crippen molar-refractivity contribution in [3.63, 3.8) is 0 Å². The molecule has 1 heterocycles. The van der Waals surface area contributed by atoms with E-state index in [2.05, 4.69) is 193 Å². The topological polar surface area (TPSA) is 16.4 Å². The van der Waals surface area contributed by atoms with E-state index < -0.39 is 0 Å². The number of fused-ring (bicyclic) bond motifs is 5. The Kier molecular flexibility index (Phi) is 6.84. The lowest BCUT2D eigenvalue weighted by Gasteiger charge is -2.27. The van der Waals surface area contributed by atoms with Crippen molar-refractivity contribution in [2.45, 2.75) is 0 Å². The maximum atomic E-state index is 6.75. The van der Waals surface area contributed by atoms with Crippen LogP contribution in [0.2, 0.25) is 0 Å². The van der Waals surface area contributed by atoms with E-state index in [1.807, 2.05) is 0 Å². The molecule has 226 valence electrons. The standard InChI is InChI=1S/C46H31NO/c1-4-16-32(17-5-1)37-24-10-11-25-38(37)34-20-14-23-36(30-34)47(35-21-8-3-9-22-35)43-28-15-29-44-45(43)42-31-41(33-18-6-2-7-19-33)39-26-12-13-27-40(39)46(42)48-44/h1-31H. The quantitative estimate of drug-likeness (QED) is 0.185. The first-order valence-electron chi connectivity index (χ1n) is 16.4. The van der Waals surface area contributed by atoms with Crippen LogP contribution in [0.1, 0.15) is 0 Å². The van der Waals surface area contributed by atoms with Gasteiger partial charge in [-0.1, -0.05) is 146 Å². The highest BCUT2D eigenvalue weighted by Gasteiger charge is 2.22. The molecule has 0 spiro atoms. The van der Waals surface area contributed by atoms with Crippen molar-refractivity contribution in [1.29, 1.82) is 0 Å². The third kappa shape index (κ3) is 4.74. The molecule has 0 atom stereocenters. The van der Waals surface area contributed by atoms with Gasteiger partial charge in [0.2, 0.25) is 0 Å². The molecule has 0 amide bonds. The largest absolute Gasteiger partial charge is 0.455 e. The summed E-state index contributed by atoms with van der Waals surface area (Å²) in [5.74, 6) is 0. The molecule has 1 aromatic heterocycles. The van der Waals surface area contributed by atoms with Crippen molar-refractivity contribution in [1.82, 2.24) is 0 Å². The first-order chi connectivity index (χ1) is 23.8. The van der Waals surface area contributed by atoms with Crippen LogP contribution in [-0.4, -0.2) is 0 Å². The zero-order valence-corrected chi connectivity index (χ0v) is 26.3. The Hall–Kier alpha value is -6.38. The van der Waals surface area contributed by atoms with Gasteiger partial charge in [-0.3, -0.25) is 0 Å². The average molecular weight is 614 g/mol. The van der Waals surface area contributed by atoms with Crippen molar-refractivity contribution >= 4 is 49.8 Å². The highest BCUT2D eigenvalue weighted by Crippen LogP contribution is 2.46. The maximum absolute atomic E-state index is 6.75. The molecule has 0 unspecified atom stereocenters. The van der Waals surface area contributed by atoms with Gasteiger partial charge in [0.1, 0.15) is 11.2 Å². The predicted octanol–water partition coefficient (Wildman–Crippen LogP) is 13.2. The van der Waals surface area contributed by atoms with E-state index in [4.69, 9.17) is 4.42 Å². The molecule has 0 aliphatic rings. The van der Waals surface area contributed by atoms with Gasteiger partial charge < -0.3 is 9.32 Å². The summed E-state index contributed by atoms with van der Waals surface area (Å²) < 4.78 is 6.75. The number of anilines is 3. The molecule has 0 aliphatic heterocycles. The molecule has 9 rings (SSSR count). The second-order valence-electron chi connectivity index (χ2n) is 12.1. The Labute approximate surface area is 279 Å². The van der Waals surface area contributed by atoms with Crippen LogP contribution < -0.4 is 4.90 Å². The minimum Gasteiger partial charge on any atom is -0.455 e. The number of hydrogen-bond acceptors (Lipinski definition) is 2. The van der Waals surface area contributed by atoms with E-state index in [0.717, 1.165) is 50.0 Å². The minimum atomic E-state index is 0.865. The van der Waals surface area contributed by atoms with Crippen LogP contribution in [-0.2, 0) is 0 Å². The van der Waals surface area contributed by atoms with Crippen LogP contribution in [0.3, 0.4) is 0 Å². The van der Waals surface area contributed by atoms with Crippen LogP contribution in [0.15, 0.2) is 192 Å². The lowest BCUT2D eigenvalue weighted by Crippen LogP contribution is -2.10. The second kappa shape index (κ2) is 11.8. The zero-order valence-electron chi connectivity index (χ0n) is 26.3. The van der Waals surface area contributed by atoms with Crippen molar-refractivity contribution in [3.05, 3.63) is 188 Å². The van der Waals surface area contributed by atoms with Gasteiger partial charge in [-0.05, 0) is 81.2 Å². The number of nitrogens with zero attached hydrogens (tertiary/aromatic N) is 1. The SMILES string of the molecule is c1ccc(-c2ccccc2-c2cccc(N(c3ccccc3)c3cccc4oc5c6ccccc6c(-c6ccccc6)cc5c34)c2)cc1. The molecule has 0 N–H and O–H groups in total. The molecule has 0 saturated carbocycles. The van der Waals surface area contributed by atoms with E-state index in [-0.39, 0.29) is 0 Å². The number of furan rings is 1. The van der Waals surface area contributed by atoms with Gasteiger partial charge >= 0.3 is 0 Å². The summed E-state index contributed by atoms with van der Waals surface area (Å²) in [5.41, 5.74) is 12.2. The fourth-order valence-electron chi connectivity index (χ4n) is 7.09. The van der Waals surface area contributed by atoms with E-state index in [0.29, 0.717) is 0 Å². The Morgan fingerprint density at radius 1 is 0.354 bits per heavy atom. The molecule has 0 fully saturated rings. The summed E-state index contributed by atoms with van der Waals surface area (Å²) in [5, 5.41) is 4.49. The van der Waals surface area contributed by atoms with Crippen LogP contribution in [0, 0.1) is 0 Å². The van der Waals surface area contributed by atoms with Gasteiger partial charge in [0.05, 0.1) is 11.1 Å². The molecule has 0 bridgehead atoms. The lowest BCUT2D eigenvalue weighted by atomic mass is 9.94. The summed E-state index contributed by atoms with van der Waals surface area (Å²) >= 11 is 0. The summed E-state index contributed by atoms with van der Waals surface area (Å²) in [6.45, 7) is 0. The predicted molar refractivity (Wildman–Crippen MR) is 202 cm³/mol. The Bertz CT molecular complexity index is 2550. The fourth-order valence-corrected chi connectivity index (χ4v) is 7.09. The highest BCUT2D eigenvalue weighted by atomic mass is 16.3. The van der Waals surface area contributed by atoms with Crippen LogP contribution in [0.5, 0.6) is 0 Å².